The van der Waals surface area contributed by atoms with Gasteiger partial charge in [0.25, 0.3) is 0 Å². The number of terminal acetylenes is 1. The predicted octanol–water partition coefficient (Wildman–Crippen LogP) is 2.90. The molecular formula is C19H18FNO3S. The molecule has 3 rings (SSSR count). The quantitative estimate of drug-likeness (QED) is 0.589. The van der Waals surface area contributed by atoms with Gasteiger partial charge in [0.15, 0.2) is 0 Å². The van der Waals surface area contributed by atoms with Crippen molar-refractivity contribution in [3.8, 4) is 12.3 Å². The van der Waals surface area contributed by atoms with Crippen LogP contribution in [-0.2, 0) is 14.8 Å². The van der Waals surface area contributed by atoms with Gasteiger partial charge in [-0.25, -0.2) is 12.8 Å². The zero-order valence-corrected chi connectivity index (χ0v) is 14.5. The molecule has 2 aromatic rings. The number of rotatable bonds is 6. The van der Waals surface area contributed by atoms with E-state index >= 15 is 0 Å². The Hall–Kier alpha value is -2.20. The van der Waals surface area contributed by atoms with Gasteiger partial charge in [0.2, 0.25) is 10.0 Å². The maximum atomic E-state index is 13.0. The average molecular weight is 359 g/mol. The normalized spacial score (nSPS) is 19.6. The fourth-order valence-electron chi connectivity index (χ4n) is 2.64. The first-order chi connectivity index (χ1) is 11.9. The summed E-state index contributed by atoms with van der Waals surface area (Å²) >= 11 is 0. The third kappa shape index (κ3) is 3.90. The first-order valence-electron chi connectivity index (χ1n) is 7.83. The summed E-state index contributed by atoms with van der Waals surface area (Å²) in [5, 5.41) is 0. The number of halogens is 1. The second kappa shape index (κ2) is 6.96. The Morgan fingerprint density at radius 2 is 1.80 bits per heavy atom. The van der Waals surface area contributed by atoms with Crippen LogP contribution in [0.1, 0.15) is 17.2 Å². The number of ether oxygens (including phenoxy) is 1. The van der Waals surface area contributed by atoms with Crippen LogP contribution in [0, 0.1) is 25.1 Å². The van der Waals surface area contributed by atoms with E-state index in [1.807, 2.05) is 6.92 Å². The molecular weight excluding hydrogens is 341 g/mol. The molecule has 25 heavy (non-hydrogen) atoms. The molecule has 2 aromatic carbocycles. The van der Waals surface area contributed by atoms with Crippen LogP contribution >= 0.6 is 0 Å². The van der Waals surface area contributed by atoms with Crippen molar-refractivity contribution in [3.63, 3.8) is 0 Å². The summed E-state index contributed by atoms with van der Waals surface area (Å²) in [7, 11) is -3.70. The predicted molar refractivity (Wildman–Crippen MR) is 92.8 cm³/mol. The summed E-state index contributed by atoms with van der Waals surface area (Å²) < 4.78 is 45.4. The third-order valence-electron chi connectivity index (χ3n) is 4.09. The van der Waals surface area contributed by atoms with Crippen LogP contribution < -0.4 is 0 Å². The van der Waals surface area contributed by atoms with Crippen LogP contribution in [0.15, 0.2) is 53.4 Å². The highest BCUT2D eigenvalue weighted by Crippen LogP contribution is 2.39. The molecule has 0 saturated carbocycles. The summed E-state index contributed by atoms with van der Waals surface area (Å²) in [6.45, 7) is 2.01. The van der Waals surface area contributed by atoms with E-state index in [0.717, 1.165) is 11.1 Å². The van der Waals surface area contributed by atoms with E-state index < -0.39 is 10.0 Å². The van der Waals surface area contributed by atoms with Gasteiger partial charge in [-0.1, -0.05) is 35.7 Å². The van der Waals surface area contributed by atoms with Crippen LogP contribution in [0.3, 0.4) is 0 Å². The smallest absolute Gasteiger partial charge is 0.244 e. The SMILES string of the molecule is C#CCN(CC1OC1c1ccc(F)cc1)S(=O)(=O)c1ccc(C)cc1. The minimum atomic E-state index is -3.70. The fourth-order valence-corrected chi connectivity index (χ4v) is 4.00. The lowest BCUT2D eigenvalue weighted by atomic mass is 10.1. The molecule has 4 nitrogen and oxygen atoms in total. The van der Waals surface area contributed by atoms with Gasteiger partial charge in [-0.05, 0) is 36.8 Å². The monoisotopic (exact) mass is 359 g/mol. The molecule has 0 bridgehead atoms. The minimum absolute atomic E-state index is 0.0355. The Morgan fingerprint density at radius 3 is 2.40 bits per heavy atom. The second-order valence-corrected chi connectivity index (χ2v) is 7.90. The Balaban J connectivity index is 1.75. The minimum Gasteiger partial charge on any atom is -0.363 e. The topological polar surface area (TPSA) is 49.9 Å². The van der Waals surface area contributed by atoms with E-state index in [9.17, 15) is 12.8 Å². The molecule has 1 aliphatic rings. The molecule has 130 valence electrons. The maximum Gasteiger partial charge on any atom is 0.244 e. The second-order valence-electron chi connectivity index (χ2n) is 5.96. The highest BCUT2D eigenvalue weighted by Gasteiger charge is 2.43. The molecule has 0 radical (unpaired) electrons. The number of aryl methyl sites for hydroxylation is 1. The van der Waals surface area contributed by atoms with Crippen LogP contribution in [-0.4, -0.2) is 31.9 Å². The lowest BCUT2D eigenvalue weighted by Crippen LogP contribution is -2.34. The summed E-state index contributed by atoms with van der Waals surface area (Å²) in [6, 6.07) is 12.6. The van der Waals surface area contributed by atoms with Crippen molar-refractivity contribution in [1.82, 2.24) is 4.31 Å². The van der Waals surface area contributed by atoms with E-state index in [-0.39, 0.29) is 36.0 Å². The van der Waals surface area contributed by atoms with Gasteiger partial charge < -0.3 is 4.74 Å². The van der Waals surface area contributed by atoms with Crippen molar-refractivity contribution in [2.75, 3.05) is 13.1 Å². The first kappa shape index (κ1) is 17.6. The number of benzene rings is 2. The van der Waals surface area contributed by atoms with Gasteiger partial charge in [0.1, 0.15) is 18.0 Å². The molecule has 0 aromatic heterocycles. The average Bonchev–Trinajstić information content (AvgIpc) is 3.35. The zero-order valence-electron chi connectivity index (χ0n) is 13.7. The highest BCUT2D eigenvalue weighted by atomic mass is 32.2. The van der Waals surface area contributed by atoms with Gasteiger partial charge in [0, 0.05) is 6.54 Å². The largest absolute Gasteiger partial charge is 0.363 e. The number of hydrogen-bond donors (Lipinski definition) is 0. The molecule has 0 aliphatic carbocycles. The molecule has 1 fully saturated rings. The lowest BCUT2D eigenvalue weighted by Gasteiger charge is -2.19. The number of nitrogens with zero attached hydrogens (tertiary/aromatic N) is 1. The van der Waals surface area contributed by atoms with Crippen molar-refractivity contribution in [2.24, 2.45) is 0 Å². The standard InChI is InChI=1S/C19H18FNO3S/c1-3-12-21(25(22,23)17-10-4-14(2)5-11-17)13-18-19(24-18)15-6-8-16(20)9-7-15/h1,4-11,18-19H,12-13H2,2H3. The number of hydrogen-bond acceptors (Lipinski definition) is 3. The van der Waals surface area contributed by atoms with Crippen LogP contribution in [0.25, 0.3) is 0 Å². The Kier molecular flexibility index (Phi) is 4.91. The van der Waals surface area contributed by atoms with Crippen molar-refractivity contribution in [2.45, 2.75) is 24.0 Å². The van der Waals surface area contributed by atoms with Gasteiger partial charge in [-0.2, -0.15) is 4.31 Å². The number of sulfonamides is 1. The van der Waals surface area contributed by atoms with E-state index in [4.69, 9.17) is 11.2 Å². The maximum absolute atomic E-state index is 13.0. The molecule has 1 aliphatic heterocycles. The molecule has 1 heterocycles. The summed E-state index contributed by atoms with van der Waals surface area (Å²) in [6.07, 6.45) is 4.81. The molecule has 2 atom stereocenters. The van der Waals surface area contributed by atoms with E-state index in [1.54, 1.807) is 36.4 Å². The molecule has 0 spiro atoms. The molecule has 6 heteroatoms. The van der Waals surface area contributed by atoms with Crippen LogP contribution in [0.2, 0.25) is 0 Å². The zero-order chi connectivity index (χ0) is 18.0. The summed E-state index contributed by atoms with van der Waals surface area (Å²) in [4.78, 5) is 0.201. The van der Waals surface area contributed by atoms with Crippen molar-refractivity contribution in [3.05, 3.63) is 65.5 Å². The fraction of sp³-hybridized carbons (Fsp3) is 0.263. The Labute approximate surface area is 147 Å². The van der Waals surface area contributed by atoms with E-state index in [1.165, 1.54) is 16.4 Å². The van der Waals surface area contributed by atoms with Crippen LogP contribution in [0.5, 0.6) is 0 Å². The number of epoxide rings is 1. The van der Waals surface area contributed by atoms with Crippen molar-refractivity contribution >= 4 is 10.0 Å². The highest BCUT2D eigenvalue weighted by molar-refractivity contribution is 7.89. The van der Waals surface area contributed by atoms with Crippen molar-refractivity contribution in [1.29, 1.82) is 0 Å². The van der Waals surface area contributed by atoms with E-state index in [0.29, 0.717) is 0 Å². The van der Waals surface area contributed by atoms with Gasteiger partial charge in [-0.3, -0.25) is 0 Å². The molecule has 0 amide bonds. The first-order valence-corrected chi connectivity index (χ1v) is 9.27. The summed E-state index contributed by atoms with van der Waals surface area (Å²) in [5.41, 5.74) is 1.80. The molecule has 0 N–H and O–H groups in total. The van der Waals surface area contributed by atoms with Gasteiger partial charge >= 0.3 is 0 Å². The lowest BCUT2D eigenvalue weighted by molar-refractivity contribution is 0.335. The molecule has 1 saturated heterocycles. The van der Waals surface area contributed by atoms with Gasteiger partial charge in [0.05, 0.1) is 11.4 Å². The van der Waals surface area contributed by atoms with E-state index in [2.05, 4.69) is 5.92 Å². The summed E-state index contributed by atoms with van der Waals surface area (Å²) in [5.74, 6) is 2.07. The van der Waals surface area contributed by atoms with Gasteiger partial charge in [-0.15, -0.1) is 6.42 Å². The third-order valence-corrected chi connectivity index (χ3v) is 5.92. The Bertz CT molecular complexity index is 886. The van der Waals surface area contributed by atoms with Crippen LogP contribution in [0.4, 0.5) is 4.39 Å². The molecule has 2 unspecified atom stereocenters. The van der Waals surface area contributed by atoms with Crippen molar-refractivity contribution < 1.29 is 17.5 Å². The Morgan fingerprint density at radius 1 is 1.16 bits per heavy atom.